The summed E-state index contributed by atoms with van der Waals surface area (Å²) in [5, 5.41) is 8.09. The summed E-state index contributed by atoms with van der Waals surface area (Å²) >= 11 is 0. The van der Waals surface area contributed by atoms with Crippen LogP contribution in [0.5, 0.6) is 0 Å². The zero-order chi connectivity index (χ0) is 20.1. The van der Waals surface area contributed by atoms with Gasteiger partial charge in [0.1, 0.15) is 5.82 Å². The van der Waals surface area contributed by atoms with Crippen LogP contribution in [-0.4, -0.2) is 15.6 Å². The molecule has 1 aliphatic rings. The number of hydrogen-bond acceptors (Lipinski definition) is 3. The van der Waals surface area contributed by atoms with Crippen molar-refractivity contribution >= 4 is 17.3 Å². The molecule has 0 bridgehead atoms. The first-order valence-corrected chi connectivity index (χ1v) is 9.49. The van der Waals surface area contributed by atoms with Gasteiger partial charge in [0, 0.05) is 12.1 Å². The highest BCUT2D eigenvalue weighted by Gasteiger charge is 2.37. The number of benzene rings is 2. The highest BCUT2D eigenvalue weighted by molar-refractivity contribution is 6.03. The van der Waals surface area contributed by atoms with Gasteiger partial charge in [-0.25, -0.2) is 9.07 Å². The van der Waals surface area contributed by atoms with E-state index in [2.05, 4.69) is 25.2 Å². The molecule has 28 heavy (non-hydrogen) atoms. The summed E-state index contributed by atoms with van der Waals surface area (Å²) in [6, 6.07) is 12.3. The minimum atomic E-state index is -0.296. The average molecular weight is 377 g/mol. The molecule has 1 heterocycles. The second-order valence-corrected chi connectivity index (χ2v) is 8.44. The first-order valence-electron chi connectivity index (χ1n) is 9.49. The topological polar surface area (TPSA) is 46.9 Å². The Morgan fingerprint density at radius 2 is 1.79 bits per heavy atom. The van der Waals surface area contributed by atoms with Crippen LogP contribution in [0.2, 0.25) is 0 Å². The van der Waals surface area contributed by atoms with Crippen LogP contribution in [0.25, 0.3) is 5.69 Å². The summed E-state index contributed by atoms with van der Waals surface area (Å²) in [4.78, 5) is 13.0. The molecule has 0 unspecified atom stereocenters. The van der Waals surface area contributed by atoms with Crippen molar-refractivity contribution in [1.29, 1.82) is 0 Å². The number of aromatic nitrogens is 2. The molecule has 2 aromatic carbocycles. The van der Waals surface area contributed by atoms with Crippen LogP contribution in [0.1, 0.15) is 47.4 Å². The van der Waals surface area contributed by atoms with E-state index in [-0.39, 0.29) is 17.0 Å². The number of halogens is 1. The maximum Gasteiger partial charge on any atom is 0.169 e. The molecule has 5 heteroatoms. The minimum absolute atomic E-state index is 0.0897. The second-order valence-electron chi connectivity index (χ2n) is 8.44. The van der Waals surface area contributed by atoms with Gasteiger partial charge in [-0.1, -0.05) is 31.5 Å². The largest absolute Gasteiger partial charge is 0.338 e. The van der Waals surface area contributed by atoms with Crippen LogP contribution in [0, 0.1) is 25.1 Å². The zero-order valence-electron chi connectivity index (χ0n) is 16.6. The predicted octanol–water partition coefficient (Wildman–Crippen LogP) is 5.53. The molecule has 0 aliphatic heterocycles. The van der Waals surface area contributed by atoms with E-state index in [1.807, 2.05) is 26.0 Å². The van der Waals surface area contributed by atoms with Gasteiger partial charge in [0.05, 0.1) is 16.9 Å². The SMILES string of the molecule is Cc1ccc(Nc2nn(-c3ccc(F)cc3)c3c2C(=O)CC(C)(C)C3)c(C)c1. The van der Waals surface area contributed by atoms with Gasteiger partial charge in [0.25, 0.3) is 0 Å². The Balaban J connectivity index is 1.85. The van der Waals surface area contributed by atoms with Crippen molar-refractivity contribution in [2.24, 2.45) is 5.41 Å². The third-order valence-corrected chi connectivity index (χ3v) is 5.25. The predicted molar refractivity (Wildman–Crippen MR) is 109 cm³/mol. The summed E-state index contributed by atoms with van der Waals surface area (Å²) in [5.74, 6) is 0.355. The normalized spacial score (nSPS) is 15.4. The molecule has 1 aliphatic carbocycles. The lowest BCUT2D eigenvalue weighted by Crippen LogP contribution is -2.28. The fourth-order valence-corrected chi connectivity index (χ4v) is 3.91. The van der Waals surface area contributed by atoms with Crippen molar-refractivity contribution in [1.82, 2.24) is 9.78 Å². The Labute approximate surface area is 164 Å². The maximum absolute atomic E-state index is 13.4. The van der Waals surface area contributed by atoms with Crippen LogP contribution in [0.3, 0.4) is 0 Å². The molecule has 0 spiro atoms. The number of anilines is 2. The van der Waals surface area contributed by atoms with Crippen molar-refractivity contribution in [2.45, 2.75) is 40.5 Å². The van der Waals surface area contributed by atoms with Gasteiger partial charge in [-0.15, -0.1) is 5.10 Å². The van der Waals surface area contributed by atoms with E-state index in [0.717, 1.165) is 29.1 Å². The van der Waals surface area contributed by atoms with Crippen LogP contribution < -0.4 is 5.32 Å². The van der Waals surface area contributed by atoms with E-state index < -0.39 is 0 Å². The van der Waals surface area contributed by atoms with Crippen molar-refractivity contribution < 1.29 is 9.18 Å². The van der Waals surface area contributed by atoms with E-state index in [9.17, 15) is 9.18 Å². The lowest BCUT2D eigenvalue weighted by molar-refractivity contribution is 0.0912. The molecular formula is C23H24FN3O. The minimum Gasteiger partial charge on any atom is -0.338 e. The van der Waals surface area contributed by atoms with Crippen LogP contribution in [0.4, 0.5) is 15.9 Å². The molecule has 4 nitrogen and oxygen atoms in total. The molecule has 144 valence electrons. The van der Waals surface area contributed by atoms with E-state index >= 15 is 0 Å². The molecule has 0 radical (unpaired) electrons. The van der Waals surface area contributed by atoms with E-state index in [1.165, 1.54) is 17.7 Å². The van der Waals surface area contributed by atoms with Crippen molar-refractivity contribution in [3.63, 3.8) is 0 Å². The Morgan fingerprint density at radius 1 is 1.07 bits per heavy atom. The van der Waals surface area contributed by atoms with Gasteiger partial charge in [0.2, 0.25) is 0 Å². The van der Waals surface area contributed by atoms with Gasteiger partial charge in [0.15, 0.2) is 11.6 Å². The Kier molecular flexibility index (Phi) is 4.33. The van der Waals surface area contributed by atoms with Gasteiger partial charge in [-0.3, -0.25) is 4.79 Å². The zero-order valence-corrected chi connectivity index (χ0v) is 16.6. The van der Waals surface area contributed by atoms with E-state index in [4.69, 9.17) is 5.10 Å². The summed E-state index contributed by atoms with van der Waals surface area (Å²) in [5.41, 5.74) is 5.32. The Bertz CT molecular complexity index is 1060. The van der Waals surface area contributed by atoms with Crippen molar-refractivity contribution in [3.8, 4) is 5.69 Å². The molecule has 0 amide bonds. The smallest absolute Gasteiger partial charge is 0.169 e. The lowest BCUT2D eigenvalue weighted by atomic mass is 9.76. The number of carbonyl (C=O) groups excluding carboxylic acids is 1. The molecule has 0 saturated carbocycles. The fourth-order valence-electron chi connectivity index (χ4n) is 3.91. The molecule has 0 fully saturated rings. The highest BCUT2D eigenvalue weighted by atomic mass is 19.1. The number of aryl methyl sites for hydroxylation is 2. The lowest BCUT2D eigenvalue weighted by Gasteiger charge is -2.29. The molecule has 3 aromatic rings. The monoisotopic (exact) mass is 377 g/mol. The van der Waals surface area contributed by atoms with Gasteiger partial charge < -0.3 is 5.32 Å². The molecule has 0 atom stereocenters. The number of ketones is 1. The second kappa shape index (κ2) is 6.59. The highest BCUT2D eigenvalue weighted by Crippen LogP contribution is 2.39. The van der Waals surface area contributed by atoms with Crippen LogP contribution in [0.15, 0.2) is 42.5 Å². The molecule has 4 rings (SSSR count). The summed E-state index contributed by atoms with van der Waals surface area (Å²) < 4.78 is 15.2. The number of hydrogen-bond donors (Lipinski definition) is 1. The van der Waals surface area contributed by atoms with Crippen LogP contribution >= 0.6 is 0 Å². The summed E-state index contributed by atoms with van der Waals surface area (Å²) in [6.07, 6.45) is 1.21. The Hall–Kier alpha value is -2.95. The molecule has 0 saturated heterocycles. The number of rotatable bonds is 3. The molecule has 1 aromatic heterocycles. The van der Waals surface area contributed by atoms with Crippen molar-refractivity contribution in [2.75, 3.05) is 5.32 Å². The Morgan fingerprint density at radius 3 is 2.46 bits per heavy atom. The van der Waals surface area contributed by atoms with E-state index in [0.29, 0.717) is 17.8 Å². The van der Waals surface area contributed by atoms with Gasteiger partial charge in [-0.05, 0) is 61.6 Å². The number of nitrogens with one attached hydrogen (secondary N) is 1. The van der Waals surface area contributed by atoms with E-state index in [1.54, 1.807) is 16.8 Å². The third-order valence-electron chi connectivity index (χ3n) is 5.25. The van der Waals surface area contributed by atoms with Gasteiger partial charge >= 0.3 is 0 Å². The molecular weight excluding hydrogens is 353 g/mol. The number of fused-ring (bicyclic) bond motifs is 1. The van der Waals surface area contributed by atoms with Crippen LogP contribution in [-0.2, 0) is 6.42 Å². The average Bonchev–Trinajstić information content (AvgIpc) is 2.95. The van der Waals surface area contributed by atoms with Gasteiger partial charge in [-0.2, -0.15) is 0 Å². The summed E-state index contributed by atoms with van der Waals surface area (Å²) in [6.45, 7) is 8.26. The first kappa shape index (κ1) is 18.4. The number of nitrogens with zero attached hydrogens (tertiary/aromatic N) is 2. The number of carbonyl (C=O) groups is 1. The maximum atomic E-state index is 13.4. The first-order chi connectivity index (χ1) is 13.2. The van der Waals surface area contributed by atoms with Crippen molar-refractivity contribution in [3.05, 3.63) is 70.7 Å². The fraction of sp³-hybridized carbons (Fsp3) is 0.304. The number of Topliss-reactive ketones (excluding diaryl/α,β-unsaturated/α-hetero) is 1. The summed E-state index contributed by atoms with van der Waals surface area (Å²) in [7, 11) is 0. The quantitative estimate of drug-likeness (QED) is 0.653. The molecule has 1 N–H and O–H groups in total. The third kappa shape index (κ3) is 3.33. The standard InChI is InChI=1S/C23H24FN3O/c1-14-5-10-18(15(2)11-14)25-22-21-19(12-23(3,4)13-20(21)28)27(26-22)17-8-6-16(24)7-9-17/h5-11H,12-13H2,1-4H3,(H,25,26).